The highest BCUT2D eigenvalue weighted by Gasteiger charge is 2.10. The van der Waals surface area contributed by atoms with Crippen molar-refractivity contribution in [2.45, 2.75) is 0 Å². The lowest BCUT2D eigenvalue weighted by molar-refractivity contribution is 0.143. The predicted octanol–water partition coefficient (Wildman–Crippen LogP) is 1.29. The Bertz CT molecular complexity index is 745. The minimum atomic E-state index is -0.510. The molecule has 0 aliphatic rings. The fourth-order valence-electron chi connectivity index (χ4n) is 1.62. The Labute approximate surface area is 94.7 Å². The lowest BCUT2D eigenvalue weighted by atomic mass is 10.1. The molecule has 17 heavy (non-hydrogen) atoms. The van der Waals surface area contributed by atoms with Crippen molar-refractivity contribution in [2.24, 2.45) is 0 Å². The third-order valence-corrected chi connectivity index (χ3v) is 2.40. The van der Waals surface area contributed by atoms with Gasteiger partial charge in [0.15, 0.2) is 0 Å². The minimum Gasteiger partial charge on any atom is -0.422 e. The van der Waals surface area contributed by atoms with E-state index >= 15 is 0 Å². The summed E-state index contributed by atoms with van der Waals surface area (Å²) in [5.41, 5.74) is 0.540. The maximum absolute atomic E-state index is 11.7. The highest BCUT2D eigenvalue weighted by Crippen LogP contribution is 2.18. The molecule has 3 rings (SSSR count). The minimum absolute atomic E-state index is 0.268. The monoisotopic (exact) mass is 229 g/mol. The smallest absolute Gasteiger partial charge is 0.345 e. The first-order valence-corrected chi connectivity index (χ1v) is 4.89. The Morgan fingerprint density at radius 1 is 1.29 bits per heavy atom. The zero-order valence-electron chi connectivity index (χ0n) is 8.57. The van der Waals surface area contributed by atoms with Gasteiger partial charge >= 0.3 is 5.63 Å². The molecular weight excluding hydrogens is 222 g/mol. The second kappa shape index (κ2) is 3.44. The van der Waals surface area contributed by atoms with Gasteiger partial charge in [0.2, 0.25) is 0 Å². The molecule has 6 nitrogen and oxygen atoms in total. The van der Waals surface area contributed by atoms with E-state index in [4.69, 9.17) is 9.62 Å². The van der Waals surface area contributed by atoms with Gasteiger partial charge in [0, 0.05) is 5.39 Å². The van der Waals surface area contributed by atoms with E-state index in [2.05, 4.69) is 10.3 Å². The normalized spacial score (nSPS) is 10.8. The van der Waals surface area contributed by atoms with Crippen LogP contribution in [0.2, 0.25) is 0 Å². The first-order chi connectivity index (χ1) is 8.24. The summed E-state index contributed by atoms with van der Waals surface area (Å²) in [6.45, 7) is 0. The molecule has 0 radical (unpaired) electrons. The first-order valence-electron chi connectivity index (χ1n) is 4.89. The molecule has 0 atom stereocenters. The van der Waals surface area contributed by atoms with E-state index in [1.165, 1.54) is 6.20 Å². The van der Waals surface area contributed by atoms with Crippen LogP contribution in [0.1, 0.15) is 0 Å². The third-order valence-electron chi connectivity index (χ3n) is 2.40. The Hall–Kier alpha value is -2.63. The van der Waals surface area contributed by atoms with Crippen LogP contribution in [-0.4, -0.2) is 20.4 Å². The van der Waals surface area contributed by atoms with Gasteiger partial charge < -0.3 is 9.62 Å². The van der Waals surface area contributed by atoms with E-state index < -0.39 is 5.63 Å². The lowest BCUT2D eigenvalue weighted by Crippen LogP contribution is -2.02. The van der Waals surface area contributed by atoms with Crippen LogP contribution in [0.3, 0.4) is 0 Å². The van der Waals surface area contributed by atoms with Crippen LogP contribution < -0.4 is 5.63 Å². The van der Waals surface area contributed by atoms with E-state index in [1.54, 1.807) is 18.2 Å². The van der Waals surface area contributed by atoms with Gasteiger partial charge in [-0.3, -0.25) is 0 Å². The fourth-order valence-corrected chi connectivity index (χ4v) is 1.62. The maximum atomic E-state index is 11.7. The molecule has 0 amide bonds. The Kier molecular flexibility index (Phi) is 1.94. The first kappa shape index (κ1) is 9.59. The van der Waals surface area contributed by atoms with E-state index in [1.807, 2.05) is 12.1 Å². The number of para-hydroxylation sites is 1. The van der Waals surface area contributed by atoms with Crippen molar-refractivity contribution in [1.82, 2.24) is 15.2 Å². The molecule has 1 N–H and O–H groups in total. The van der Waals surface area contributed by atoms with Gasteiger partial charge in [-0.25, -0.2) is 4.79 Å². The summed E-state index contributed by atoms with van der Waals surface area (Å²) in [5, 5.41) is 16.8. The van der Waals surface area contributed by atoms with Gasteiger partial charge in [-0.15, -0.1) is 5.10 Å². The summed E-state index contributed by atoms with van der Waals surface area (Å²) in [7, 11) is 0. The van der Waals surface area contributed by atoms with Crippen molar-refractivity contribution in [2.75, 3.05) is 0 Å². The topological polar surface area (TPSA) is 81.2 Å². The molecule has 2 heterocycles. The van der Waals surface area contributed by atoms with Crippen LogP contribution in [0.25, 0.3) is 22.2 Å². The Morgan fingerprint density at radius 2 is 2.12 bits per heavy atom. The molecule has 1 aromatic carbocycles. The van der Waals surface area contributed by atoms with Crippen molar-refractivity contribution >= 4 is 11.0 Å². The number of rotatable bonds is 1. The number of aromatic nitrogens is 3. The average molecular weight is 229 g/mol. The van der Waals surface area contributed by atoms with Gasteiger partial charge in [-0.2, -0.15) is 0 Å². The molecule has 0 aliphatic carbocycles. The summed E-state index contributed by atoms with van der Waals surface area (Å²) < 4.78 is 5.14. The number of hydrogen-bond acceptors (Lipinski definition) is 5. The summed E-state index contributed by atoms with van der Waals surface area (Å²) in [4.78, 5) is 12.3. The molecule has 2 aromatic heterocycles. The zero-order chi connectivity index (χ0) is 11.8. The number of benzene rings is 1. The predicted molar refractivity (Wildman–Crippen MR) is 58.7 cm³/mol. The van der Waals surface area contributed by atoms with Crippen LogP contribution in [0.4, 0.5) is 0 Å². The van der Waals surface area contributed by atoms with Gasteiger partial charge in [0.25, 0.3) is 0 Å². The summed E-state index contributed by atoms with van der Waals surface area (Å²) in [6, 6.07) is 8.82. The second-order valence-electron chi connectivity index (χ2n) is 3.51. The maximum Gasteiger partial charge on any atom is 0.345 e. The van der Waals surface area contributed by atoms with Crippen molar-refractivity contribution in [1.29, 1.82) is 0 Å². The standard InChI is InChI=1S/C11H7N3O3/c15-11-8(9-6-14(16)13-12-9)5-7-3-1-2-4-10(7)17-11/h1-6,16H. The lowest BCUT2D eigenvalue weighted by Gasteiger charge is -1.97. The van der Waals surface area contributed by atoms with Crippen LogP contribution in [0.5, 0.6) is 0 Å². The van der Waals surface area contributed by atoms with Crippen LogP contribution in [-0.2, 0) is 0 Å². The average Bonchev–Trinajstić information content (AvgIpc) is 2.75. The highest BCUT2D eigenvalue weighted by atomic mass is 16.5. The molecule has 0 aliphatic heterocycles. The summed E-state index contributed by atoms with van der Waals surface area (Å²) in [6.07, 6.45) is 1.24. The van der Waals surface area contributed by atoms with E-state index in [9.17, 15) is 4.79 Å². The molecule has 0 spiro atoms. The zero-order valence-corrected chi connectivity index (χ0v) is 8.57. The number of hydrogen-bond donors (Lipinski definition) is 1. The van der Waals surface area contributed by atoms with Crippen molar-refractivity contribution in [3.8, 4) is 11.3 Å². The Balaban J connectivity index is 2.30. The van der Waals surface area contributed by atoms with Gasteiger partial charge in [0.05, 0.1) is 11.8 Å². The summed E-state index contributed by atoms with van der Waals surface area (Å²) in [5.74, 6) is 0. The molecule has 0 fully saturated rings. The van der Waals surface area contributed by atoms with E-state index in [0.717, 1.165) is 5.39 Å². The SMILES string of the molecule is O=c1oc2ccccc2cc1-c1cn(O)nn1. The van der Waals surface area contributed by atoms with Gasteiger partial charge in [0.1, 0.15) is 11.3 Å². The quantitative estimate of drug-likeness (QED) is 0.502. The molecule has 0 saturated heterocycles. The second-order valence-corrected chi connectivity index (χ2v) is 3.51. The molecule has 6 heteroatoms. The summed E-state index contributed by atoms with van der Waals surface area (Å²) >= 11 is 0. The largest absolute Gasteiger partial charge is 0.422 e. The van der Waals surface area contributed by atoms with Crippen LogP contribution in [0, 0.1) is 0 Å². The number of fused-ring (bicyclic) bond motifs is 1. The van der Waals surface area contributed by atoms with Crippen molar-refractivity contribution in [3.05, 3.63) is 46.9 Å². The van der Waals surface area contributed by atoms with Crippen molar-refractivity contribution in [3.63, 3.8) is 0 Å². The highest BCUT2D eigenvalue weighted by molar-refractivity contribution is 5.80. The molecular formula is C11H7N3O3. The number of nitrogens with zero attached hydrogens (tertiary/aromatic N) is 3. The van der Waals surface area contributed by atoms with Gasteiger partial charge in [-0.1, -0.05) is 23.0 Å². The van der Waals surface area contributed by atoms with E-state index in [0.29, 0.717) is 10.4 Å². The van der Waals surface area contributed by atoms with E-state index in [-0.39, 0.29) is 11.3 Å². The third kappa shape index (κ3) is 1.55. The van der Waals surface area contributed by atoms with Crippen molar-refractivity contribution < 1.29 is 9.62 Å². The van der Waals surface area contributed by atoms with Crippen LogP contribution in [0.15, 0.2) is 45.7 Å². The van der Waals surface area contributed by atoms with Gasteiger partial charge in [-0.05, 0) is 17.3 Å². The Morgan fingerprint density at radius 3 is 2.88 bits per heavy atom. The molecule has 3 aromatic rings. The molecule has 0 bridgehead atoms. The molecule has 0 saturated carbocycles. The van der Waals surface area contributed by atoms with Crippen LogP contribution >= 0.6 is 0 Å². The fraction of sp³-hybridized carbons (Fsp3) is 0. The molecule has 0 unspecified atom stereocenters. The molecule has 84 valence electrons.